The number of hydrogen-bond acceptors (Lipinski definition) is 2. The van der Waals surface area contributed by atoms with Gasteiger partial charge in [-0.05, 0) is 25.3 Å². The molecule has 1 aromatic carbocycles. The molecule has 0 unspecified atom stereocenters. The highest BCUT2D eigenvalue weighted by molar-refractivity contribution is 5.32. The number of para-hydroxylation sites is 1. The van der Waals surface area contributed by atoms with Crippen molar-refractivity contribution in [2.75, 3.05) is 7.11 Å². The van der Waals surface area contributed by atoms with E-state index in [1.54, 1.807) is 7.11 Å². The maximum absolute atomic E-state index is 5.39. The topological polar surface area (TPSA) is 21.3 Å². The third-order valence-electron chi connectivity index (χ3n) is 4.25. The lowest BCUT2D eigenvalue weighted by molar-refractivity contribution is 0.304. The Hall–Kier alpha value is -1.02. The zero-order chi connectivity index (χ0) is 13.5. The van der Waals surface area contributed by atoms with Gasteiger partial charge in [0.2, 0.25) is 0 Å². The average molecular weight is 261 g/mol. The number of ether oxygens (including phenoxy) is 1. The van der Waals surface area contributed by atoms with E-state index in [9.17, 15) is 0 Å². The van der Waals surface area contributed by atoms with Gasteiger partial charge in [0.05, 0.1) is 7.11 Å². The van der Waals surface area contributed by atoms with E-state index in [1.807, 2.05) is 12.1 Å². The molecular formula is C17H27NO. The molecule has 106 valence electrons. The molecular weight excluding hydrogens is 234 g/mol. The van der Waals surface area contributed by atoms with Crippen molar-refractivity contribution >= 4 is 0 Å². The molecule has 19 heavy (non-hydrogen) atoms. The Labute approximate surface area is 117 Å². The summed E-state index contributed by atoms with van der Waals surface area (Å²) in [5, 5.41) is 3.64. The third kappa shape index (κ3) is 4.54. The molecule has 2 rings (SSSR count). The van der Waals surface area contributed by atoms with Crippen molar-refractivity contribution in [3.05, 3.63) is 29.8 Å². The lowest BCUT2D eigenvalue weighted by Crippen LogP contribution is -2.28. The van der Waals surface area contributed by atoms with E-state index in [-0.39, 0.29) is 0 Å². The number of nitrogens with one attached hydrogen (secondary N) is 1. The van der Waals surface area contributed by atoms with Gasteiger partial charge in [-0.2, -0.15) is 0 Å². The molecule has 0 spiro atoms. The van der Waals surface area contributed by atoms with Crippen molar-refractivity contribution in [1.29, 1.82) is 0 Å². The maximum Gasteiger partial charge on any atom is 0.123 e. The minimum atomic E-state index is 0.591. The van der Waals surface area contributed by atoms with Crippen molar-refractivity contribution in [2.45, 2.75) is 58.0 Å². The smallest absolute Gasteiger partial charge is 0.123 e. The minimum Gasteiger partial charge on any atom is -0.496 e. The van der Waals surface area contributed by atoms with Crippen molar-refractivity contribution < 1.29 is 4.74 Å². The van der Waals surface area contributed by atoms with Crippen LogP contribution in [0.4, 0.5) is 0 Å². The molecule has 0 saturated heterocycles. The number of benzene rings is 1. The van der Waals surface area contributed by atoms with E-state index in [2.05, 4.69) is 24.4 Å². The highest BCUT2D eigenvalue weighted by Crippen LogP contribution is 2.27. The van der Waals surface area contributed by atoms with Crippen molar-refractivity contribution in [2.24, 2.45) is 5.92 Å². The Balaban J connectivity index is 1.77. The summed E-state index contributed by atoms with van der Waals surface area (Å²) >= 11 is 0. The molecule has 0 radical (unpaired) electrons. The van der Waals surface area contributed by atoms with Gasteiger partial charge >= 0.3 is 0 Å². The van der Waals surface area contributed by atoms with Gasteiger partial charge in [-0.25, -0.2) is 0 Å². The van der Waals surface area contributed by atoms with Crippen LogP contribution in [0.3, 0.4) is 0 Å². The first kappa shape index (κ1) is 14.4. The van der Waals surface area contributed by atoms with Gasteiger partial charge in [-0.15, -0.1) is 0 Å². The minimum absolute atomic E-state index is 0.591. The molecule has 0 aromatic heterocycles. The monoisotopic (exact) mass is 261 g/mol. The SMILES string of the molecule is COc1ccccc1CN[C@@H](C)CC1CCCCC1. The summed E-state index contributed by atoms with van der Waals surface area (Å²) in [6, 6.07) is 8.86. The first-order chi connectivity index (χ1) is 9.29. The molecule has 1 aliphatic rings. The Kier molecular flexibility index (Phi) is 5.71. The lowest BCUT2D eigenvalue weighted by Gasteiger charge is -2.25. The van der Waals surface area contributed by atoms with Crippen LogP contribution < -0.4 is 10.1 Å². The van der Waals surface area contributed by atoms with Crippen LogP contribution in [0.15, 0.2) is 24.3 Å². The second-order valence-electron chi connectivity index (χ2n) is 5.83. The van der Waals surface area contributed by atoms with Crippen LogP contribution in [-0.4, -0.2) is 13.2 Å². The van der Waals surface area contributed by atoms with E-state index >= 15 is 0 Å². The first-order valence-electron chi connectivity index (χ1n) is 7.65. The van der Waals surface area contributed by atoms with Crippen LogP contribution in [0.1, 0.15) is 51.0 Å². The first-order valence-corrected chi connectivity index (χ1v) is 7.65. The Morgan fingerprint density at radius 2 is 1.95 bits per heavy atom. The van der Waals surface area contributed by atoms with Crippen molar-refractivity contribution in [3.63, 3.8) is 0 Å². The third-order valence-corrected chi connectivity index (χ3v) is 4.25. The zero-order valence-electron chi connectivity index (χ0n) is 12.3. The Bertz CT molecular complexity index is 371. The fraction of sp³-hybridized carbons (Fsp3) is 0.647. The fourth-order valence-electron chi connectivity index (χ4n) is 3.14. The van der Waals surface area contributed by atoms with Crippen molar-refractivity contribution in [3.8, 4) is 5.75 Å². The van der Waals surface area contributed by atoms with Gasteiger partial charge in [-0.3, -0.25) is 0 Å². The molecule has 1 aromatic rings. The number of hydrogen-bond donors (Lipinski definition) is 1. The summed E-state index contributed by atoms with van der Waals surface area (Å²) in [6.07, 6.45) is 8.49. The van der Waals surface area contributed by atoms with Gasteiger partial charge in [0.15, 0.2) is 0 Å². The van der Waals surface area contributed by atoms with E-state index in [4.69, 9.17) is 4.74 Å². The van der Waals surface area contributed by atoms with Crippen LogP contribution in [0, 0.1) is 5.92 Å². The molecule has 1 atom stereocenters. The summed E-state index contributed by atoms with van der Waals surface area (Å²) in [5.41, 5.74) is 1.25. The fourth-order valence-corrected chi connectivity index (χ4v) is 3.14. The molecule has 0 aliphatic heterocycles. The number of rotatable bonds is 6. The second-order valence-corrected chi connectivity index (χ2v) is 5.83. The highest BCUT2D eigenvalue weighted by atomic mass is 16.5. The van der Waals surface area contributed by atoms with Crippen LogP contribution in [0.25, 0.3) is 0 Å². The largest absolute Gasteiger partial charge is 0.496 e. The standard InChI is InChI=1S/C17H27NO/c1-14(12-15-8-4-3-5-9-15)18-13-16-10-6-7-11-17(16)19-2/h6-7,10-11,14-15,18H,3-5,8-9,12-13H2,1-2H3/t14-/m0/s1. The van der Waals surface area contributed by atoms with E-state index in [1.165, 1.54) is 44.1 Å². The molecule has 2 heteroatoms. The molecule has 1 N–H and O–H groups in total. The van der Waals surface area contributed by atoms with Gasteiger partial charge in [0.25, 0.3) is 0 Å². The summed E-state index contributed by atoms with van der Waals surface area (Å²) < 4.78 is 5.39. The normalized spacial score (nSPS) is 18.2. The van der Waals surface area contributed by atoms with E-state index < -0.39 is 0 Å². The second kappa shape index (κ2) is 7.54. The van der Waals surface area contributed by atoms with E-state index in [0.717, 1.165) is 18.2 Å². The molecule has 0 heterocycles. The van der Waals surface area contributed by atoms with E-state index in [0.29, 0.717) is 6.04 Å². The highest BCUT2D eigenvalue weighted by Gasteiger charge is 2.16. The zero-order valence-corrected chi connectivity index (χ0v) is 12.3. The van der Waals surface area contributed by atoms with Gasteiger partial charge in [0, 0.05) is 18.2 Å². The van der Waals surface area contributed by atoms with Crippen LogP contribution in [0.2, 0.25) is 0 Å². The lowest BCUT2D eigenvalue weighted by atomic mass is 9.85. The summed E-state index contributed by atoms with van der Waals surface area (Å²) in [6.45, 7) is 3.21. The predicted octanol–water partition coefficient (Wildman–Crippen LogP) is 4.14. The van der Waals surface area contributed by atoms with Crippen LogP contribution in [-0.2, 0) is 6.54 Å². The van der Waals surface area contributed by atoms with Gasteiger partial charge in [0.1, 0.15) is 5.75 Å². The Morgan fingerprint density at radius 3 is 2.68 bits per heavy atom. The van der Waals surface area contributed by atoms with Gasteiger partial charge < -0.3 is 10.1 Å². The molecule has 2 nitrogen and oxygen atoms in total. The van der Waals surface area contributed by atoms with Crippen molar-refractivity contribution in [1.82, 2.24) is 5.32 Å². The summed E-state index contributed by atoms with van der Waals surface area (Å²) in [4.78, 5) is 0. The quantitative estimate of drug-likeness (QED) is 0.831. The predicted molar refractivity (Wildman–Crippen MR) is 80.5 cm³/mol. The molecule has 1 aliphatic carbocycles. The molecule has 0 bridgehead atoms. The maximum atomic E-state index is 5.39. The Morgan fingerprint density at radius 1 is 1.21 bits per heavy atom. The molecule has 1 saturated carbocycles. The van der Waals surface area contributed by atoms with Crippen LogP contribution in [0.5, 0.6) is 5.75 Å². The average Bonchev–Trinajstić information content (AvgIpc) is 2.46. The molecule has 1 fully saturated rings. The number of methoxy groups -OCH3 is 1. The summed E-state index contributed by atoms with van der Waals surface area (Å²) in [5.74, 6) is 1.92. The summed E-state index contributed by atoms with van der Waals surface area (Å²) in [7, 11) is 1.74. The van der Waals surface area contributed by atoms with Crippen LogP contribution >= 0.6 is 0 Å². The van der Waals surface area contributed by atoms with Gasteiger partial charge in [-0.1, -0.05) is 50.3 Å². The molecule has 0 amide bonds.